The average molecular weight is 273 g/mol. The van der Waals surface area contributed by atoms with Crippen LogP contribution < -0.4 is 10.6 Å². The number of carbonyl (C=O) groups is 1. The summed E-state index contributed by atoms with van der Waals surface area (Å²) in [5.74, 6) is -0.0908. The predicted molar refractivity (Wildman–Crippen MR) is 77.7 cm³/mol. The van der Waals surface area contributed by atoms with Crippen LogP contribution in [0.15, 0.2) is 36.9 Å². The SMILES string of the molecule is CCNC(C)(C)C(=O)Nc1ccccc1-n1cncn1. The molecule has 0 aliphatic heterocycles. The van der Waals surface area contributed by atoms with E-state index in [-0.39, 0.29) is 5.91 Å². The molecule has 1 amide bonds. The van der Waals surface area contributed by atoms with E-state index in [1.54, 1.807) is 11.0 Å². The first kappa shape index (κ1) is 14.2. The monoisotopic (exact) mass is 273 g/mol. The zero-order valence-electron chi connectivity index (χ0n) is 11.9. The molecule has 0 saturated heterocycles. The Labute approximate surface area is 118 Å². The summed E-state index contributed by atoms with van der Waals surface area (Å²) in [4.78, 5) is 16.3. The molecule has 20 heavy (non-hydrogen) atoms. The van der Waals surface area contributed by atoms with Crippen LogP contribution in [0.1, 0.15) is 20.8 Å². The number of carbonyl (C=O) groups excluding carboxylic acids is 1. The number of para-hydroxylation sites is 2. The lowest BCUT2D eigenvalue weighted by Crippen LogP contribution is -2.49. The van der Waals surface area contributed by atoms with Crippen molar-refractivity contribution in [2.24, 2.45) is 0 Å². The van der Waals surface area contributed by atoms with Crippen molar-refractivity contribution in [3.63, 3.8) is 0 Å². The minimum absolute atomic E-state index is 0.0908. The van der Waals surface area contributed by atoms with E-state index in [0.29, 0.717) is 5.69 Å². The Morgan fingerprint density at radius 1 is 1.35 bits per heavy atom. The Hall–Kier alpha value is -2.21. The van der Waals surface area contributed by atoms with Gasteiger partial charge in [-0.05, 0) is 32.5 Å². The van der Waals surface area contributed by atoms with E-state index in [1.165, 1.54) is 6.33 Å². The number of likely N-dealkylation sites (N-methyl/N-ethyl adjacent to an activating group) is 1. The van der Waals surface area contributed by atoms with Gasteiger partial charge >= 0.3 is 0 Å². The van der Waals surface area contributed by atoms with Gasteiger partial charge in [-0.2, -0.15) is 5.10 Å². The first-order valence-electron chi connectivity index (χ1n) is 6.55. The summed E-state index contributed by atoms with van der Waals surface area (Å²) < 4.78 is 1.62. The maximum atomic E-state index is 12.3. The summed E-state index contributed by atoms with van der Waals surface area (Å²) in [6, 6.07) is 7.49. The molecule has 0 unspecified atom stereocenters. The fourth-order valence-electron chi connectivity index (χ4n) is 1.91. The zero-order chi connectivity index (χ0) is 14.6. The van der Waals surface area contributed by atoms with Crippen LogP contribution in [0.5, 0.6) is 0 Å². The highest BCUT2D eigenvalue weighted by Gasteiger charge is 2.26. The molecule has 1 aromatic carbocycles. The van der Waals surface area contributed by atoms with Crippen LogP contribution in [0, 0.1) is 0 Å². The molecule has 0 aliphatic carbocycles. The molecule has 0 atom stereocenters. The lowest BCUT2D eigenvalue weighted by molar-refractivity contribution is -0.121. The van der Waals surface area contributed by atoms with E-state index in [0.717, 1.165) is 12.2 Å². The Balaban J connectivity index is 2.25. The summed E-state index contributed by atoms with van der Waals surface area (Å²) in [5, 5.41) is 10.2. The van der Waals surface area contributed by atoms with E-state index < -0.39 is 5.54 Å². The van der Waals surface area contributed by atoms with E-state index in [2.05, 4.69) is 20.7 Å². The van der Waals surface area contributed by atoms with Gasteiger partial charge in [0.05, 0.1) is 16.9 Å². The Kier molecular flexibility index (Phi) is 4.14. The molecule has 1 heterocycles. The third kappa shape index (κ3) is 3.03. The van der Waals surface area contributed by atoms with Gasteiger partial charge in [0, 0.05) is 0 Å². The first-order valence-corrected chi connectivity index (χ1v) is 6.55. The van der Waals surface area contributed by atoms with Crippen molar-refractivity contribution < 1.29 is 4.79 Å². The van der Waals surface area contributed by atoms with Crippen LogP contribution in [0.3, 0.4) is 0 Å². The number of nitrogens with zero attached hydrogens (tertiary/aromatic N) is 3. The number of rotatable bonds is 5. The average Bonchev–Trinajstić information content (AvgIpc) is 2.93. The standard InChI is InChI=1S/C14H19N5O/c1-4-16-14(2,3)13(20)18-11-7-5-6-8-12(11)19-10-15-9-17-19/h5-10,16H,4H2,1-3H3,(H,18,20). The quantitative estimate of drug-likeness (QED) is 0.868. The molecule has 0 radical (unpaired) electrons. The van der Waals surface area contributed by atoms with Crippen LogP contribution in [0.2, 0.25) is 0 Å². The van der Waals surface area contributed by atoms with Crippen molar-refractivity contribution in [1.29, 1.82) is 0 Å². The molecular formula is C14H19N5O. The van der Waals surface area contributed by atoms with Gasteiger partial charge in [-0.1, -0.05) is 19.1 Å². The van der Waals surface area contributed by atoms with E-state index in [1.807, 2.05) is 45.0 Å². The third-order valence-electron chi connectivity index (χ3n) is 3.00. The van der Waals surface area contributed by atoms with Crippen LogP contribution in [0.4, 0.5) is 5.69 Å². The smallest absolute Gasteiger partial charge is 0.244 e. The maximum Gasteiger partial charge on any atom is 0.244 e. The molecule has 0 aliphatic rings. The van der Waals surface area contributed by atoms with Gasteiger partial charge < -0.3 is 10.6 Å². The highest BCUT2D eigenvalue weighted by Crippen LogP contribution is 2.20. The third-order valence-corrected chi connectivity index (χ3v) is 3.00. The van der Waals surface area contributed by atoms with Crippen molar-refractivity contribution in [3.8, 4) is 5.69 Å². The molecule has 6 nitrogen and oxygen atoms in total. The summed E-state index contributed by atoms with van der Waals surface area (Å²) >= 11 is 0. The second kappa shape index (κ2) is 5.83. The molecule has 6 heteroatoms. The first-order chi connectivity index (χ1) is 9.54. The van der Waals surface area contributed by atoms with E-state index >= 15 is 0 Å². The molecule has 0 spiro atoms. The Bertz CT molecular complexity index is 577. The van der Waals surface area contributed by atoms with Crippen LogP contribution in [0.25, 0.3) is 5.69 Å². The lowest BCUT2D eigenvalue weighted by Gasteiger charge is -2.25. The Morgan fingerprint density at radius 3 is 2.75 bits per heavy atom. The molecule has 0 bridgehead atoms. The predicted octanol–water partition coefficient (Wildman–Crippen LogP) is 1.59. The number of amides is 1. The minimum Gasteiger partial charge on any atom is -0.323 e. The molecule has 2 rings (SSSR count). The number of aromatic nitrogens is 3. The fourth-order valence-corrected chi connectivity index (χ4v) is 1.91. The van der Waals surface area contributed by atoms with Gasteiger partial charge in [-0.25, -0.2) is 9.67 Å². The van der Waals surface area contributed by atoms with E-state index in [4.69, 9.17) is 0 Å². The molecule has 2 aromatic rings. The highest BCUT2D eigenvalue weighted by molar-refractivity contribution is 5.98. The van der Waals surface area contributed by atoms with Gasteiger partial charge in [-0.15, -0.1) is 0 Å². The van der Waals surface area contributed by atoms with Gasteiger partial charge in [-0.3, -0.25) is 4.79 Å². The number of hydrogen-bond donors (Lipinski definition) is 2. The van der Waals surface area contributed by atoms with Crippen molar-refractivity contribution in [1.82, 2.24) is 20.1 Å². The molecule has 106 valence electrons. The Morgan fingerprint density at radius 2 is 2.10 bits per heavy atom. The second-order valence-corrected chi connectivity index (χ2v) is 4.97. The van der Waals surface area contributed by atoms with Gasteiger partial charge in [0.15, 0.2) is 0 Å². The van der Waals surface area contributed by atoms with E-state index in [9.17, 15) is 4.79 Å². The summed E-state index contributed by atoms with van der Waals surface area (Å²) in [7, 11) is 0. The largest absolute Gasteiger partial charge is 0.323 e. The number of anilines is 1. The molecule has 2 N–H and O–H groups in total. The fraction of sp³-hybridized carbons (Fsp3) is 0.357. The zero-order valence-corrected chi connectivity index (χ0v) is 11.9. The minimum atomic E-state index is -0.635. The number of hydrogen-bond acceptors (Lipinski definition) is 4. The van der Waals surface area contributed by atoms with Crippen LogP contribution in [-0.2, 0) is 4.79 Å². The van der Waals surface area contributed by atoms with Crippen molar-refractivity contribution in [2.45, 2.75) is 26.3 Å². The van der Waals surface area contributed by atoms with Crippen LogP contribution >= 0.6 is 0 Å². The lowest BCUT2D eigenvalue weighted by atomic mass is 10.0. The molecule has 1 aromatic heterocycles. The van der Waals surface area contributed by atoms with Gasteiger partial charge in [0.1, 0.15) is 12.7 Å². The molecule has 0 saturated carbocycles. The topological polar surface area (TPSA) is 71.8 Å². The van der Waals surface area contributed by atoms with Crippen molar-refractivity contribution in [2.75, 3.05) is 11.9 Å². The van der Waals surface area contributed by atoms with Crippen molar-refractivity contribution in [3.05, 3.63) is 36.9 Å². The highest BCUT2D eigenvalue weighted by atomic mass is 16.2. The van der Waals surface area contributed by atoms with Gasteiger partial charge in [0.25, 0.3) is 0 Å². The summed E-state index contributed by atoms with van der Waals surface area (Å²) in [6.07, 6.45) is 3.06. The summed E-state index contributed by atoms with van der Waals surface area (Å²) in [5.41, 5.74) is 0.851. The van der Waals surface area contributed by atoms with Crippen molar-refractivity contribution >= 4 is 11.6 Å². The number of benzene rings is 1. The normalized spacial score (nSPS) is 11.3. The van der Waals surface area contributed by atoms with Gasteiger partial charge in [0.2, 0.25) is 5.91 Å². The van der Waals surface area contributed by atoms with Crippen LogP contribution in [-0.4, -0.2) is 32.8 Å². The second-order valence-electron chi connectivity index (χ2n) is 4.97. The summed E-state index contributed by atoms with van der Waals surface area (Å²) in [6.45, 7) is 6.40. The molecule has 0 fully saturated rings. The maximum absolute atomic E-state index is 12.3. The number of nitrogens with one attached hydrogen (secondary N) is 2. The molecular weight excluding hydrogens is 254 g/mol.